The second-order valence-corrected chi connectivity index (χ2v) is 9.32. The Bertz CT molecular complexity index is 408. The van der Waals surface area contributed by atoms with Crippen molar-refractivity contribution >= 4 is 12.4 Å². The van der Waals surface area contributed by atoms with Gasteiger partial charge in [0.1, 0.15) is 7.14 Å². The predicted molar refractivity (Wildman–Crippen MR) is 78.2 cm³/mol. The molecule has 0 radical (unpaired) electrons. The third-order valence-electron chi connectivity index (χ3n) is 4.89. The lowest BCUT2D eigenvalue weighted by Crippen LogP contribution is -2.23. The average Bonchev–Trinajstić information content (AvgIpc) is 3.12. The number of rotatable bonds is 3. The maximum absolute atomic E-state index is 13.8. The molecule has 0 aliphatic heterocycles. The molecule has 2 saturated carbocycles. The van der Waals surface area contributed by atoms with Gasteiger partial charge in [0.15, 0.2) is 0 Å². The molecule has 2 heteroatoms. The molecule has 18 heavy (non-hydrogen) atoms. The molecular weight excluding hydrogens is 239 g/mol. The zero-order valence-electron chi connectivity index (χ0n) is 11.1. The molecular formula is C16H23OP. The molecule has 0 heterocycles. The smallest absolute Gasteiger partial charge is 0.121 e. The number of hydrogen-bond acceptors (Lipinski definition) is 1. The molecule has 1 nitrogen and oxygen atoms in total. The fourth-order valence-electron chi connectivity index (χ4n) is 3.96. The van der Waals surface area contributed by atoms with E-state index in [-0.39, 0.29) is 0 Å². The predicted octanol–water partition coefficient (Wildman–Crippen LogP) is 4.56. The van der Waals surface area contributed by atoms with Gasteiger partial charge in [0, 0.05) is 16.6 Å². The van der Waals surface area contributed by atoms with Crippen LogP contribution in [0.4, 0.5) is 0 Å². The summed E-state index contributed by atoms with van der Waals surface area (Å²) in [6.07, 6.45) is 9.93. The quantitative estimate of drug-likeness (QED) is 0.730. The molecule has 0 saturated heterocycles. The molecule has 0 atom stereocenters. The summed E-state index contributed by atoms with van der Waals surface area (Å²) in [5, 5.41) is 1.17. The van der Waals surface area contributed by atoms with Gasteiger partial charge in [-0.2, -0.15) is 0 Å². The van der Waals surface area contributed by atoms with Crippen LogP contribution in [0.3, 0.4) is 0 Å². The van der Waals surface area contributed by atoms with Crippen LogP contribution in [0, 0.1) is 0 Å². The van der Waals surface area contributed by atoms with Gasteiger partial charge in [-0.05, 0) is 25.7 Å². The first-order chi connectivity index (χ1) is 8.82. The third kappa shape index (κ3) is 2.07. The fraction of sp³-hybridized carbons (Fsp3) is 0.625. The van der Waals surface area contributed by atoms with Crippen molar-refractivity contribution in [1.82, 2.24) is 0 Å². The third-order valence-corrected chi connectivity index (χ3v) is 9.20. The molecule has 0 unspecified atom stereocenters. The first kappa shape index (κ1) is 12.5. The standard InChI is InChI=1S/C16H23OP/c17-18(15-10-4-5-11-15,16-12-6-7-13-16)14-8-2-1-3-9-14/h1-3,8-9,15-16H,4-7,10-13H2. The summed E-state index contributed by atoms with van der Waals surface area (Å²) >= 11 is 0. The lowest BCUT2D eigenvalue weighted by Gasteiger charge is -2.30. The Morgan fingerprint density at radius 1 is 0.778 bits per heavy atom. The highest BCUT2D eigenvalue weighted by Gasteiger charge is 2.43. The molecule has 98 valence electrons. The minimum atomic E-state index is -2.17. The summed E-state index contributed by atoms with van der Waals surface area (Å²) < 4.78 is 13.8. The summed E-state index contributed by atoms with van der Waals surface area (Å²) in [5.74, 6) is 0. The van der Waals surface area contributed by atoms with Gasteiger partial charge >= 0.3 is 0 Å². The van der Waals surface area contributed by atoms with E-state index in [2.05, 4.69) is 24.3 Å². The zero-order chi connectivity index (χ0) is 12.4. The molecule has 1 aromatic carbocycles. The van der Waals surface area contributed by atoms with E-state index in [9.17, 15) is 4.57 Å². The molecule has 0 spiro atoms. The summed E-state index contributed by atoms with van der Waals surface area (Å²) in [4.78, 5) is 0. The van der Waals surface area contributed by atoms with Gasteiger partial charge in [-0.1, -0.05) is 56.0 Å². The van der Waals surface area contributed by atoms with E-state index in [1.165, 1.54) is 56.7 Å². The van der Waals surface area contributed by atoms with Crippen LogP contribution in [0.5, 0.6) is 0 Å². The van der Waals surface area contributed by atoms with Crippen molar-refractivity contribution in [3.8, 4) is 0 Å². The molecule has 0 aromatic heterocycles. The Morgan fingerprint density at radius 2 is 1.22 bits per heavy atom. The van der Waals surface area contributed by atoms with Crippen molar-refractivity contribution in [3.63, 3.8) is 0 Å². The Balaban J connectivity index is 1.99. The van der Waals surface area contributed by atoms with Crippen molar-refractivity contribution < 1.29 is 4.57 Å². The van der Waals surface area contributed by atoms with Gasteiger partial charge < -0.3 is 4.57 Å². The molecule has 0 N–H and O–H groups in total. The Labute approximate surface area is 110 Å². The van der Waals surface area contributed by atoms with Crippen LogP contribution in [0.15, 0.2) is 30.3 Å². The van der Waals surface area contributed by atoms with Crippen LogP contribution in [-0.4, -0.2) is 11.3 Å². The highest BCUT2D eigenvalue weighted by molar-refractivity contribution is 7.73. The van der Waals surface area contributed by atoms with Crippen molar-refractivity contribution in [3.05, 3.63) is 30.3 Å². The molecule has 2 aliphatic rings. The van der Waals surface area contributed by atoms with Crippen LogP contribution < -0.4 is 5.30 Å². The molecule has 1 aromatic rings. The minimum absolute atomic E-state index is 0.489. The van der Waals surface area contributed by atoms with Crippen molar-refractivity contribution in [2.45, 2.75) is 62.7 Å². The highest BCUT2D eigenvalue weighted by Crippen LogP contribution is 2.62. The SMILES string of the molecule is O=P(c1ccccc1)(C1CCCC1)C1CCCC1. The second-order valence-electron chi connectivity index (χ2n) is 5.92. The maximum Gasteiger partial charge on any atom is 0.121 e. The monoisotopic (exact) mass is 262 g/mol. The Kier molecular flexibility index (Phi) is 3.61. The van der Waals surface area contributed by atoms with E-state index in [0.717, 1.165) is 0 Å². The minimum Gasteiger partial charge on any atom is -0.318 e. The lowest BCUT2D eigenvalue weighted by atomic mass is 10.3. The highest BCUT2D eigenvalue weighted by atomic mass is 31.2. The van der Waals surface area contributed by atoms with Crippen LogP contribution in [-0.2, 0) is 4.57 Å². The van der Waals surface area contributed by atoms with Gasteiger partial charge in [0.25, 0.3) is 0 Å². The van der Waals surface area contributed by atoms with Gasteiger partial charge in [0.05, 0.1) is 0 Å². The second kappa shape index (κ2) is 5.21. The molecule has 2 aliphatic carbocycles. The van der Waals surface area contributed by atoms with Crippen LogP contribution in [0.1, 0.15) is 51.4 Å². The molecule has 3 rings (SSSR count). The van der Waals surface area contributed by atoms with Crippen LogP contribution in [0.25, 0.3) is 0 Å². The first-order valence-corrected chi connectivity index (χ1v) is 9.31. The van der Waals surface area contributed by atoms with Gasteiger partial charge in [0.2, 0.25) is 0 Å². The molecule has 0 amide bonds. The van der Waals surface area contributed by atoms with E-state index in [1.54, 1.807) is 0 Å². The molecule has 2 fully saturated rings. The number of hydrogen-bond donors (Lipinski definition) is 0. The summed E-state index contributed by atoms with van der Waals surface area (Å²) in [7, 11) is -2.17. The summed E-state index contributed by atoms with van der Waals surface area (Å²) in [6.45, 7) is 0. The lowest BCUT2D eigenvalue weighted by molar-refractivity contribution is 0.558. The van der Waals surface area contributed by atoms with Crippen LogP contribution >= 0.6 is 7.14 Å². The van der Waals surface area contributed by atoms with Crippen molar-refractivity contribution in [2.75, 3.05) is 0 Å². The fourth-order valence-corrected chi connectivity index (χ4v) is 8.30. The van der Waals surface area contributed by atoms with E-state index >= 15 is 0 Å². The van der Waals surface area contributed by atoms with Crippen LogP contribution in [0.2, 0.25) is 0 Å². The first-order valence-electron chi connectivity index (χ1n) is 7.47. The largest absolute Gasteiger partial charge is 0.318 e. The van der Waals surface area contributed by atoms with Gasteiger partial charge in [-0.25, -0.2) is 0 Å². The zero-order valence-corrected chi connectivity index (χ0v) is 11.9. The summed E-state index contributed by atoms with van der Waals surface area (Å²) in [6, 6.07) is 10.4. The van der Waals surface area contributed by atoms with Gasteiger partial charge in [-0.3, -0.25) is 0 Å². The normalized spacial score (nSPS) is 22.7. The van der Waals surface area contributed by atoms with E-state index in [1.807, 2.05) is 6.07 Å². The topological polar surface area (TPSA) is 17.1 Å². The van der Waals surface area contributed by atoms with Gasteiger partial charge in [-0.15, -0.1) is 0 Å². The Hall–Kier alpha value is -0.550. The van der Waals surface area contributed by atoms with E-state index in [0.29, 0.717) is 11.3 Å². The summed E-state index contributed by atoms with van der Waals surface area (Å²) in [5.41, 5.74) is 0.978. The average molecular weight is 262 g/mol. The van der Waals surface area contributed by atoms with Crippen molar-refractivity contribution in [2.24, 2.45) is 0 Å². The van der Waals surface area contributed by atoms with Crippen molar-refractivity contribution in [1.29, 1.82) is 0 Å². The van der Waals surface area contributed by atoms with E-state index in [4.69, 9.17) is 0 Å². The maximum atomic E-state index is 13.8. The number of benzene rings is 1. The van der Waals surface area contributed by atoms with E-state index < -0.39 is 7.14 Å². The molecule has 0 bridgehead atoms. The Morgan fingerprint density at radius 3 is 1.67 bits per heavy atom.